The minimum atomic E-state index is -0.355. The maximum atomic E-state index is 6.46. The van der Waals surface area contributed by atoms with Crippen LogP contribution in [0, 0.1) is 0 Å². The van der Waals surface area contributed by atoms with Crippen LogP contribution in [0.5, 0.6) is 11.5 Å². The molecule has 1 aliphatic rings. The molecular formula is C26H21Cl2N3O3S. The standard InChI is InChI=1S/C26H21Cl2N3O3S/c1-32-15-9-10-19(22(14-15)33-2)31-25(24(30-26(31)35)18-8-3-4-13-29-18)21-12-11-20(34-21)16-6-5-7-17(27)23(16)28/h3-14,24-25H,1-2H3,(H,30,35). The summed E-state index contributed by atoms with van der Waals surface area (Å²) in [4.78, 5) is 6.56. The van der Waals surface area contributed by atoms with Gasteiger partial charge in [0.25, 0.3) is 0 Å². The van der Waals surface area contributed by atoms with E-state index in [2.05, 4.69) is 10.3 Å². The fourth-order valence-corrected chi connectivity index (χ4v) is 4.97. The molecule has 6 nitrogen and oxygen atoms in total. The van der Waals surface area contributed by atoms with Crippen molar-refractivity contribution >= 4 is 46.2 Å². The number of hydrogen-bond acceptors (Lipinski definition) is 5. The monoisotopic (exact) mass is 525 g/mol. The molecule has 0 spiro atoms. The Hall–Kier alpha value is -3.26. The zero-order chi connectivity index (χ0) is 24.5. The first-order valence-corrected chi connectivity index (χ1v) is 11.9. The van der Waals surface area contributed by atoms with E-state index < -0.39 is 0 Å². The van der Waals surface area contributed by atoms with E-state index in [9.17, 15) is 0 Å². The summed E-state index contributed by atoms with van der Waals surface area (Å²) in [6.45, 7) is 0. The Morgan fingerprint density at radius 1 is 1.00 bits per heavy atom. The number of halogens is 2. The second-order valence-corrected chi connectivity index (χ2v) is 9.01. The van der Waals surface area contributed by atoms with Crippen LogP contribution in [-0.4, -0.2) is 24.3 Å². The molecule has 2 aromatic carbocycles. The number of hydrogen-bond donors (Lipinski definition) is 1. The summed E-state index contributed by atoms with van der Waals surface area (Å²) in [6.07, 6.45) is 1.76. The van der Waals surface area contributed by atoms with Crippen LogP contribution in [0.1, 0.15) is 23.5 Å². The van der Waals surface area contributed by atoms with Gasteiger partial charge in [-0.3, -0.25) is 4.98 Å². The highest BCUT2D eigenvalue weighted by Gasteiger charge is 2.43. The molecule has 1 aliphatic heterocycles. The van der Waals surface area contributed by atoms with E-state index in [4.69, 9.17) is 49.3 Å². The SMILES string of the molecule is COc1ccc(N2C(=S)NC(c3ccccn3)C2c2ccc(-c3cccc(Cl)c3Cl)o2)c(OC)c1. The molecule has 9 heteroatoms. The number of benzene rings is 2. The maximum Gasteiger partial charge on any atom is 0.174 e. The Labute approximate surface area is 218 Å². The number of aromatic nitrogens is 1. The van der Waals surface area contributed by atoms with Crippen molar-refractivity contribution in [1.82, 2.24) is 10.3 Å². The number of anilines is 1. The molecule has 2 unspecified atom stereocenters. The second-order valence-electron chi connectivity index (χ2n) is 7.84. The third-order valence-corrected chi connectivity index (χ3v) is 7.01. The molecule has 0 saturated carbocycles. The van der Waals surface area contributed by atoms with Gasteiger partial charge in [-0.25, -0.2) is 0 Å². The summed E-state index contributed by atoms with van der Waals surface area (Å²) < 4.78 is 17.4. The van der Waals surface area contributed by atoms with Gasteiger partial charge in [-0.15, -0.1) is 0 Å². The smallest absolute Gasteiger partial charge is 0.174 e. The lowest BCUT2D eigenvalue weighted by atomic mass is 10.0. The van der Waals surface area contributed by atoms with E-state index in [1.165, 1.54) is 0 Å². The minimum absolute atomic E-state index is 0.274. The van der Waals surface area contributed by atoms with Gasteiger partial charge in [-0.2, -0.15) is 0 Å². The Bertz CT molecular complexity index is 1380. The Morgan fingerprint density at radius 3 is 2.60 bits per heavy atom. The van der Waals surface area contributed by atoms with Gasteiger partial charge in [0.05, 0.1) is 41.7 Å². The molecule has 5 rings (SSSR count). The first-order valence-electron chi connectivity index (χ1n) is 10.8. The molecule has 1 N–H and O–H groups in total. The van der Waals surface area contributed by atoms with Crippen LogP contribution >= 0.6 is 35.4 Å². The minimum Gasteiger partial charge on any atom is -0.497 e. The van der Waals surface area contributed by atoms with Gasteiger partial charge in [0, 0.05) is 17.8 Å². The summed E-state index contributed by atoms with van der Waals surface area (Å²) >= 11 is 18.5. The van der Waals surface area contributed by atoms with E-state index in [0.717, 1.165) is 11.4 Å². The Morgan fingerprint density at radius 2 is 1.86 bits per heavy atom. The molecule has 4 aromatic rings. The largest absolute Gasteiger partial charge is 0.497 e. The van der Waals surface area contributed by atoms with Crippen LogP contribution in [-0.2, 0) is 0 Å². The number of ether oxygens (including phenoxy) is 2. The molecule has 35 heavy (non-hydrogen) atoms. The number of thiocarbonyl (C=S) groups is 1. The molecule has 1 saturated heterocycles. The lowest BCUT2D eigenvalue weighted by Gasteiger charge is -2.27. The average molecular weight is 526 g/mol. The second kappa shape index (κ2) is 9.77. The molecule has 178 valence electrons. The summed E-state index contributed by atoms with van der Waals surface area (Å²) in [5.74, 6) is 2.57. The fourth-order valence-electron chi connectivity index (χ4n) is 4.24. The molecule has 2 atom stereocenters. The van der Waals surface area contributed by atoms with E-state index in [1.54, 1.807) is 26.5 Å². The number of furan rings is 1. The number of rotatable bonds is 6. The first-order chi connectivity index (χ1) is 17.0. The van der Waals surface area contributed by atoms with Crippen molar-refractivity contribution in [1.29, 1.82) is 0 Å². The number of methoxy groups -OCH3 is 2. The van der Waals surface area contributed by atoms with E-state index in [0.29, 0.717) is 43.7 Å². The van der Waals surface area contributed by atoms with Gasteiger partial charge >= 0.3 is 0 Å². The molecule has 0 bridgehead atoms. The topological polar surface area (TPSA) is 59.8 Å². The molecule has 1 fully saturated rings. The van der Waals surface area contributed by atoms with Crippen LogP contribution in [0.25, 0.3) is 11.3 Å². The van der Waals surface area contributed by atoms with E-state index in [-0.39, 0.29) is 12.1 Å². The molecule has 2 aromatic heterocycles. The third-order valence-electron chi connectivity index (χ3n) is 5.88. The fraction of sp³-hybridized carbons (Fsp3) is 0.154. The summed E-state index contributed by atoms with van der Waals surface area (Å²) in [6, 6.07) is 20.0. The Kier molecular flexibility index (Phi) is 6.56. The van der Waals surface area contributed by atoms with Crippen molar-refractivity contribution in [3.63, 3.8) is 0 Å². The van der Waals surface area contributed by atoms with Crippen LogP contribution in [0.4, 0.5) is 5.69 Å². The van der Waals surface area contributed by atoms with Gasteiger partial charge in [-0.05, 0) is 60.7 Å². The Balaban J connectivity index is 1.64. The van der Waals surface area contributed by atoms with E-state index >= 15 is 0 Å². The predicted octanol–water partition coefficient (Wildman–Crippen LogP) is 6.84. The quantitative estimate of drug-likeness (QED) is 0.276. The van der Waals surface area contributed by atoms with Crippen molar-refractivity contribution in [2.75, 3.05) is 19.1 Å². The number of nitrogens with zero attached hydrogens (tertiary/aromatic N) is 2. The van der Waals surface area contributed by atoms with Crippen LogP contribution < -0.4 is 19.7 Å². The van der Waals surface area contributed by atoms with Crippen molar-refractivity contribution in [3.05, 3.63) is 94.4 Å². The van der Waals surface area contributed by atoms with Crippen molar-refractivity contribution < 1.29 is 13.9 Å². The van der Waals surface area contributed by atoms with Gasteiger partial charge in [-0.1, -0.05) is 35.3 Å². The zero-order valence-corrected chi connectivity index (χ0v) is 21.2. The highest BCUT2D eigenvalue weighted by Crippen LogP contribution is 2.46. The maximum absolute atomic E-state index is 6.46. The van der Waals surface area contributed by atoms with Crippen molar-refractivity contribution in [3.8, 4) is 22.8 Å². The third kappa shape index (κ3) is 4.31. The highest BCUT2D eigenvalue weighted by atomic mass is 35.5. The summed E-state index contributed by atoms with van der Waals surface area (Å²) in [7, 11) is 3.23. The van der Waals surface area contributed by atoms with Crippen molar-refractivity contribution in [2.24, 2.45) is 0 Å². The van der Waals surface area contributed by atoms with Crippen molar-refractivity contribution in [2.45, 2.75) is 12.1 Å². The summed E-state index contributed by atoms with van der Waals surface area (Å²) in [5, 5.41) is 4.83. The normalized spacial score (nSPS) is 17.4. The van der Waals surface area contributed by atoms with Gasteiger partial charge in [0.1, 0.15) is 29.1 Å². The molecule has 0 radical (unpaired) electrons. The van der Waals surface area contributed by atoms with Crippen LogP contribution in [0.3, 0.4) is 0 Å². The van der Waals surface area contributed by atoms with E-state index in [1.807, 2.05) is 65.6 Å². The van der Waals surface area contributed by atoms with Gasteiger partial charge in [0.2, 0.25) is 0 Å². The van der Waals surface area contributed by atoms with Crippen LogP contribution in [0.15, 0.2) is 77.3 Å². The first kappa shape index (κ1) is 23.5. The molecule has 3 heterocycles. The number of nitrogens with one attached hydrogen (secondary N) is 1. The highest BCUT2D eigenvalue weighted by molar-refractivity contribution is 7.80. The van der Waals surface area contributed by atoms with Crippen LogP contribution in [0.2, 0.25) is 10.0 Å². The number of pyridine rings is 1. The lowest BCUT2D eigenvalue weighted by molar-refractivity contribution is 0.392. The zero-order valence-electron chi connectivity index (χ0n) is 18.9. The molecule has 0 amide bonds. The molecular weight excluding hydrogens is 505 g/mol. The average Bonchev–Trinajstić information content (AvgIpc) is 3.50. The van der Waals surface area contributed by atoms with Gasteiger partial charge < -0.3 is 24.1 Å². The predicted molar refractivity (Wildman–Crippen MR) is 142 cm³/mol. The molecule has 0 aliphatic carbocycles. The van der Waals surface area contributed by atoms with Gasteiger partial charge in [0.15, 0.2) is 5.11 Å². The summed E-state index contributed by atoms with van der Waals surface area (Å²) in [5.41, 5.74) is 2.31. The lowest BCUT2D eigenvalue weighted by Crippen LogP contribution is -2.29.